The van der Waals surface area contributed by atoms with Crippen molar-refractivity contribution < 1.29 is 0 Å². The van der Waals surface area contributed by atoms with E-state index < -0.39 is 0 Å². The molecule has 0 aromatic rings. The zero-order valence-electron chi connectivity index (χ0n) is 15.5. The molecule has 0 bridgehead atoms. The molecule has 0 aliphatic carbocycles. The van der Waals surface area contributed by atoms with E-state index in [9.17, 15) is 0 Å². The van der Waals surface area contributed by atoms with Gasteiger partial charge in [0.2, 0.25) is 0 Å². The second-order valence-corrected chi connectivity index (χ2v) is 15.4. The van der Waals surface area contributed by atoms with E-state index in [1.165, 1.54) is 23.0 Å². The summed E-state index contributed by atoms with van der Waals surface area (Å²) in [5.41, 5.74) is 0. The first-order valence-electron chi connectivity index (χ1n) is 8.39. The molecule has 0 saturated carbocycles. The minimum atomic E-state index is 0.705. The van der Waals surface area contributed by atoms with Crippen LogP contribution in [0.1, 0.15) is 0 Å². The lowest BCUT2D eigenvalue weighted by Crippen LogP contribution is -2.12. The second-order valence-electron chi connectivity index (χ2n) is 4.73. The van der Waals surface area contributed by atoms with Crippen LogP contribution in [0.2, 0.25) is 0 Å². The summed E-state index contributed by atoms with van der Waals surface area (Å²) in [6.45, 7) is 0. The van der Waals surface area contributed by atoms with Crippen LogP contribution in [0, 0.1) is 0 Å². The predicted molar refractivity (Wildman–Crippen MR) is 170 cm³/mol. The number of thiol groups is 6. The van der Waals surface area contributed by atoms with Crippen LogP contribution >= 0.6 is 146 Å². The van der Waals surface area contributed by atoms with E-state index in [1.807, 2.05) is 58.8 Å². The van der Waals surface area contributed by atoms with Crippen molar-refractivity contribution in [1.82, 2.24) is 0 Å². The standard InChI is InChI=1S/C9H20S6.C6H14S6/c10-1-4-13-7-9(15-6-3-12)8-14-5-2-11;7-3-10-1-6(12-5-9)2-11-4-8/h9-12H,1-8H2;6-9H,1-5H2. The first-order valence-corrected chi connectivity index (χ1v) is 18.9. The van der Waals surface area contributed by atoms with Crippen LogP contribution in [-0.4, -0.2) is 83.3 Å². The third-order valence-corrected chi connectivity index (χ3v) is 12.7. The molecule has 0 nitrogen and oxygen atoms in total. The van der Waals surface area contributed by atoms with Crippen molar-refractivity contribution in [3.8, 4) is 0 Å². The molecule has 0 amide bonds. The average Bonchev–Trinajstić information content (AvgIpc) is 2.68. The Labute approximate surface area is 227 Å². The Hall–Kier alpha value is 4.20. The lowest BCUT2D eigenvalue weighted by molar-refractivity contribution is 1.14. The maximum atomic E-state index is 4.26. The highest BCUT2D eigenvalue weighted by Crippen LogP contribution is 2.23. The van der Waals surface area contributed by atoms with Gasteiger partial charge in [-0.15, -0.1) is 11.8 Å². The van der Waals surface area contributed by atoms with E-state index in [1.54, 1.807) is 0 Å². The van der Waals surface area contributed by atoms with Crippen molar-refractivity contribution >= 4 is 146 Å². The van der Waals surface area contributed by atoms with Gasteiger partial charge in [0, 0.05) is 66.0 Å². The van der Waals surface area contributed by atoms with Crippen molar-refractivity contribution in [2.75, 3.05) is 72.8 Å². The minimum absolute atomic E-state index is 0.705. The molecule has 0 unspecified atom stereocenters. The maximum absolute atomic E-state index is 4.26. The van der Waals surface area contributed by atoms with Crippen LogP contribution < -0.4 is 0 Å². The van der Waals surface area contributed by atoms with Gasteiger partial charge < -0.3 is 0 Å². The van der Waals surface area contributed by atoms with Crippen molar-refractivity contribution in [2.45, 2.75) is 10.5 Å². The maximum Gasteiger partial charge on any atom is 0.0365 e. The number of hydrogen-bond donors (Lipinski definition) is 6. The van der Waals surface area contributed by atoms with Gasteiger partial charge in [-0.05, 0) is 17.3 Å². The Morgan fingerprint density at radius 1 is 0.444 bits per heavy atom. The van der Waals surface area contributed by atoms with Gasteiger partial charge in [-0.1, -0.05) is 0 Å². The van der Waals surface area contributed by atoms with Crippen molar-refractivity contribution in [1.29, 1.82) is 0 Å². The Kier molecular flexibility index (Phi) is 37.3. The number of rotatable bonds is 19. The van der Waals surface area contributed by atoms with E-state index in [0.29, 0.717) is 5.25 Å². The van der Waals surface area contributed by atoms with E-state index >= 15 is 0 Å². The quantitative estimate of drug-likeness (QED) is 0.0562. The van der Waals surface area contributed by atoms with Crippen molar-refractivity contribution in [2.24, 2.45) is 0 Å². The molecular formula is C15H34S12. The molecule has 0 heterocycles. The highest BCUT2D eigenvalue weighted by atomic mass is 32.2. The van der Waals surface area contributed by atoms with Gasteiger partial charge in [0.1, 0.15) is 0 Å². The lowest BCUT2D eigenvalue weighted by atomic mass is 10.5. The van der Waals surface area contributed by atoms with Gasteiger partial charge >= 0.3 is 0 Å². The largest absolute Gasteiger partial charge is 0.179 e. The zero-order valence-corrected chi connectivity index (χ0v) is 25.7. The Morgan fingerprint density at radius 3 is 1.22 bits per heavy atom. The van der Waals surface area contributed by atoms with Crippen LogP contribution in [0.25, 0.3) is 0 Å². The zero-order chi connectivity index (χ0) is 20.6. The van der Waals surface area contributed by atoms with Crippen LogP contribution in [-0.2, 0) is 0 Å². The van der Waals surface area contributed by atoms with Gasteiger partial charge in [-0.2, -0.15) is 135 Å². The summed E-state index contributed by atoms with van der Waals surface area (Å²) < 4.78 is 0. The van der Waals surface area contributed by atoms with Gasteiger partial charge in [0.15, 0.2) is 0 Å². The van der Waals surface area contributed by atoms with Gasteiger partial charge in [-0.3, -0.25) is 0 Å². The third-order valence-electron chi connectivity index (χ3n) is 2.62. The van der Waals surface area contributed by atoms with Crippen LogP contribution in [0.3, 0.4) is 0 Å². The molecule has 0 spiro atoms. The molecule has 0 aliphatic rings. The smallest absolute Gasteiger partial charge is 0.0365 e. The number of hydrogen-bond acceptors (Lipinski definition) is 12. The highest BCUT2D eigenvalue weighted by Gasteiger charge is 2.09. The number of thioether (sulfide) groups is 6. The molecule has 0 atom stereocenters. The first kappa shape index (κ1) is 33.4. The normalized spacial score (nSPS) is 11.1. The molecule has 0 N–H and O–H groups in total. The van der Waals surface area contributed by atoms with Crippen LogP contribution in [0.4, 0.5) is 0 Å². The summed E-state index contributed by atoms with van der Waals surface area (Å²) in [6, 6.07) is 0. The fourth-order valence-corrected chi connectivity index (χ4v) is 9.86. The van der Waals surface area contributed by atoms with E-state index in [0.717, 1.165) is 55.0 Å². The summed E-state index contributed by atoms with van der Waals surface area (Å²) in [4.78, 5) is 0. The predicted octanol–water partition coefficient (Wildman–Crippen LogP) is 6.56. The van der Waals surface area contributed by atoms with Crippen LogP contribution in [0.15, 0.2) is 0 Å². The molecule has 0 aromatic heterocycles. The molecule has 27 heavy (non-hydrogen) atoms. The van der Waals surface area contributed by atoms with E-state index in [2.05, 4.69) is 87.5 Å². The second kappa shape index (κ2) is 30.2. The molecule has 0 rings (SSSR count). The topological polar surface area (TPSA) is 0 Å². The molecule has 166 valence electrons. The van der Waals surface area contributed by atoms with E-state index in [-0.39, 0.29) is 0 Å². The molecule has 0 aromatic carbocycles. The molecular weight excluding hydrogens is 565 g/mol. The molecule has 0 radical (unpaired) electrons. The highest BCUT2D eigenvalue weighted by molar-refractivity contribution is 8.14. The fourth-order valence-electron chi connectivity index (χ4n) is 1.54. The summed E-state index contributed by atoms with van der Waals surface area (Å²) in [5, 5.41) is 4.21. The van der Waals surface area contributed by atoms with Gasteiger partial charge in [0.25, 0.3) is 0 Å². The molecule has 0 aliphatic heterocycles. The summed E-state index contributed by atoms with van der Waals surface area (Å²) in [6.07, 6.45) is 0. The van der Waals surface area contributed by atoms with Crippen molar-refractivity contribution in [3.05, 3.63) is 0 Å². The Morgan fingerprint density at radius 2 is 0.852 bits per heavy atom. The van der Waals surface area contributed by atoms with Crippen molar-refractivity contribution in [3.63, 3.8) is 0 Å². The Balaban J connectivity index is 0. The lowest BCUT2D eigenvalue weighted by Gasteiger charge is -2.15. The monoisotopic (exact) mass is 598 g/mol. The fraction of sp³-hybridized carbons (Fsp3) is 1.00. The van der Waals surface area contributed by atoms with Crippen LogP contribution in [0.5, 0.6) is 0 Å². The van der Waals surface area contributed by atoms with Gasteiger partial charge in [0.05, 0.1) is 0 Å². The minimum Gasteiger partial charge on any atom is -0.179 e. The molecule has 0 fully saturated rings. The Bertz CT molecular complexity index is 241. The molecule has 12 heteroatoms. The summed E-state index contributed by atoms with van der Waals surface area (Å²) >= 11 is 37.0. The summed E-state index contributed by atoms with van der Waals surface area (Å²) in [7, 11) is 0. The average molecular weight is 599 g/mol. The molecule has 0 saturated heterocycles. The van der Waals surface area contributed by atoms with Gasteiger partial charge in [-0.25, -0.2) is 0 Å². The van der Waals surface area contributed by atoms with E-state index in [4.69, 9.17) is 0 Å². The third kappa shape index (κ3) is 28.2. The first-order chi connectivity index (χ1) is 13.2. The summed E-state index contributed by atoms with van der Waals surface area (Å²) in [5.74, 6) is 11.3. The SMILES string of the molecule is SCCSCC(CSCCS)SCCS.SCSCC(CSCS)SCS.